The van der Waals surface area contributed by atoms with E-state index in [0.717, 1.165) is 7.11 Å². The Morgan fingerprint density at radius 1 is 0.974 bits per heavy atom. The number of halogens is 2. The first-order chi connectivity index (χ1) is 17.0. The number of aryl methyl sites for hydroxylation is 2. The number of carboxylic acid groups (broad SMARTS) is 1. The number of nitrogens with zero attached hydrogens (tertiary/aromatic N) is 2. The number of carboxylic acids is 1. The van der Waals surface area contributed by atoms with Gasteiger partial charge < -0.3 is 39.0 Å². The second kappa shape index (κ2) is 22.6. The maximum atomic E-state index is 10.8. The van der Waals surface area contributed by atoms with Gasteiger partial charge in [-0.3, -0.25) is 4.79 Å². The average Bonchev–Trinajstić information content (AvgIpc) is 3.30. The summed E-state index contributed by atoms with van der Waals surface area (Å²) < 4.78 is 27.2. The molecule has 22 heteroatoms. The Kier molecular flexibility index (Phi) is 25.5. The predicted octanol–water partition coefficient (Wildman–Crippen LogP) is -4.73. The van der Waals surface area contributed by atoms with E-state index >= 15 is 0 Å². The zero-order valence-corrected chi connectivity index (χ0v) is 25.7. The van der Waals surface area contributed by atoms with Crippen LogP contribution in [0.5, 0.6) is 0 Å². The Balaban J connectivity index is -0.000000215. The molecule has 39 heavy (non-hydrogen) atoms. The molecule has 0 aliphatic rings. The van der Waals surface area contributed by atoms with E-state index in [-0.39, 0.29) is 63.6 Å². The van der Waals surface area contributed by atoms with E-state index < -0.39 is 44.8 Å². The second-order valence-electron chi connectivity index (χ2n) is 5.93. The summed E-state index contributed by atoms with van der Waals surface area (Å²) in [6.45, 7) is 4.30. The molecular formula is C17H19B3Cl2N3NaO12S. The summed E-state index contributed by atoms with van der Waals surface area (Å²) in [6.07, 6.45) is 0. The van der Waals surface area contributed by atoms with Crippen molar-refractivity contribution in [1.29, 1.82) is 0 Å². The van der Waals surface area contributed by atoms with E-state index in [4.69, 9.17) is 37.3 Å². The molecule has 2 rings (SSSR count). The second-order valence-corrected chi connectivity index (χ2v) is 8.46. The minimum atomic E-state index is -1.67. The summed E-state index contributed by atoms with van der Waals surface area (Å²) in [7, 11) is 24.9. The number of amides is 1. The van der Waals surface area contributed by atoms with Crippen LogP contribution in [0.25, 0.3) is 0 Å². The van der Waals surface area contributed by atoms with Gasteiger partial charge in [0.15, 0.2) is 52.7 Å². The third-order valence-corrected chi connectivity index (χ3v) is 3.17. The van der Waals surface area contributed by atoms with Gasteiger partial charge in [0.2, 0.25) is 15.1 Å². The van der Waals surface area contributed by atoms with Gasteiger partial charge in [0.25, 0.3) is 0 Å². The standard InChI is InChI=1S/C6H8BNO4.C6H6BNO3.C5H4BNO3.Cl2OS.Na.H2O/c1-3(9)8-4(5(7)10)6(11)12-2;1-3-8-4(5(7)11-3)6(9)10-2;1-2-7-3(5(8)9)4(6)10-2;1-4(2)3;;/h4H,1-2H3,(H,8,9);1-2H3;1H3,(H,8,9);;;1H2/q;;;;+1;/p-1. The average molecular weight is 616 g/mol. The number of ether oxygens (including phenoxy) is 2. The first-order valence-electron chi connectivity index (χ1n) is 9.14. The third-order valence-electron chi connectivity index (χ3n) is 3.17. The van der Waals surface area contributed by atoms with E-state index in [0.29, 0.717) is 5.89 Å². The number of hydrogen-bond donors (Lipinski definition) is 2. The molecular weight excluding hydrogens is 597 g/mol. The Labute approximate surface area is 259 Å². The van der Waals surface area contributed by atoms with Crippen LogP contribution < -0.4 is 46.2 Å². The van der Waals surface area contributed by atoms with E-state index in [9.17, 15) is 24.0 Å². The molecule has 15 nitrogen and oxygen atoms in total. The Morgan fingerprint density at radius 2 is 1.36 bits per heavy atom. The predicted molar refractivity (Wildman–Crippen MR) is 134 cm³/mol. The Hall–Kier alpha value is -2.15. The molecule has 0 aliphatic carbocycles. The summed E-state index contributed by atoms with van der Waals surface area (Å²) in [5.74, 6) is -2.55. The molecule has 204 valence electrons. The molecule has 2 aromatic rings. The van der Waals surface area contributed by atoms with Crippen molar-refractivity contribution in [1.82, 2.24) is 15.3 Å². The molecule has 0 bridgehead atoms. The number of esters is 2. The van der Waals surface area contributed by atoms with E-state index in [1.807, 2.05) is 5.32 Å². The van der Waals surface area contributed by atoms with Gasteiger partial charge >= 0.3 is 47.5 Å². The zero-order chi connectivity index (χ0) is 29.5. The molecule has 1 unspecified atom stereocenters. The van der Waals surface area contributed by atoms with Crippen molar-refractivity contribution in [2.45, 2.75) is 26.8 Å². The van der Waals surface area contributed by atoms with E-state index in [2.05, 4.69) is 45.2 Å². The largest absolute Gasteiger partial charge is 1.00 e. The number of aromatic nitrogens is 2. The van der Waals surface area contributed by atoms with Crippen molar-refractivity contribution >= 4 is 94.9 Å². The van der Waals surface area contributed by atoms with Crippen molar-refractivity contribution in [2.24, 2.45) is 0 Å². The molecule has 2 aromatic heterocycles. The summed E-state index contributed by atoms with van der Waals surface area (Å²) in [5, 5.41) is 10.4. The van der Waals surface area contributed by atoms with Crippen LogP contribution in [0, 0.1) is 13.8 Å². The number of carbonyl (C=O) groups is 5. The fourth-order valence-corrected chi connectivity index (χ4v) is 1.85. The molecule has 3 N–H and O–H groups in total. The Morgan fingerprint density at radius 3 is 1.56 bits per heavy atom. The van der Waals surface area contributed by atoms with Gasteiger partial charge in [0.05, 0.1) is 25.5 Å². The molecule has 0 aliphatic heterocycles. The van der Waals surface area contributed by atoms with Crippen molar-refractivity contribution < 1.29 is 86.6 Å². The Bertz CT molecular complexity index is 1130. The van der Waals surface area contributed by atoms with Gasteiger partial charge in [-0.15, -0.1) is 0 Å². The number of oxazole rings is 2. The van der Waals surface area contributed by atoms with Gasteiger partial charge in [-0.05, 0) is 0 Å². The number of carbonyl (C=O) groups excluding carboxylic acids is 4. The van der Waals surface area contributed by atoms with Crippen LogP contribution in [0.2, 0.25) is 0 Å². The van der Waals surface area contributed by atoms with Crippen molar-refractivity contribution in [3.8, 4) is 0 Å². The van der Waals surface area contributed by atoms with Crippen LogP contribution in [0.3, 0.4) is 0 Å². The van der Waals surface area contributed by atoms with E-state index in [1.54, 1.807) is 6.92 Å². The number of rotatable bonds is 5. The zero-order valence-electron chi connectivity index (χ0n) is 21.3. The van der Waals surface area contributed by atoms with Gasteiger partial charge in [-0.2, -0.15) is 0 Å². The molecule has 0 spiro atoms. The monoisotopic (exact) mass is 615 g/mol. The molecule has 0 fully saturated rings. The number of methoxy groups -OCH3 is 2. The minimum absolute atomic E-state index is 0. The first kappa shape index (κ1) is 43.9. The number of nitrogens with one attached hydrogen (secondary N) is 1. The maximum absolute atomic E-state index is 10.8. The quantitative estimate of drug-likeness (QED) is 0.139. The number of hydrogen-bond acceptors (Lipinski definition) is 13. The van der Waals surface area contributed by atoms with Crippen LogP contribution in [-0.4, -0.2) is 98.1 Å². The van der Waals surface area contributed by atoms with Crippen LogP contribution >= 0.6 is 21.4 Å². The van der Waals surface area contributed by atoms with Crippen molar-refractivity contribution in [2.75, 3.05) is 14.2 Å². The molecule has 0 saturated carbocycles. The molecule has 2 heterocycles. The van der Waals surface area contributed by atoms with Gasteiger partial charge in [0.1, 0.15) is 5.68 Å². The first-order valence-corrected chi connectivity index (χ1v) is 11.9. The van der Waals surface area contributed by atoms with Crippen LogP contribution in [0.15, 0.2) is 8.83 Å². The fourth-order valence-electron chi connectivity index (χ4n) is 1.85. The molecule has 0 saturated heterocycles. The van der Waals surface area contributed by atoms with E-state index in [1.165, 1.54) is 21.0 Å². The van der Waals surface area contributed by atoms with Crippen LogP contribution in [0.1, 0.15) is 39.7 Å². The minimum Gasteiger partial charge on any atom is -0.870 e. The SMILES string of the molecule is O=S(Cl)Cl.[B]C(=O)C(NC(C)=O)C(=O)OC.[B]c1oc(C)nc1C(=O)O.[B]c1oc(C)nc1C(=O)OC.[Na+].[OH-]. The molecule has 0 aromatic carbocycles. The normalized spacial score (nSPS) is 9.64. The topological polar surface area (TPSA) is 235 Å². The van der Waals surface area contributed by atoms with Crippen molar-refractivity contribution in [3.05, 3.63) is 23.2 Å². The van der Waals surface area contributed by atoms with Gasteiger partial charge in [-0.25, -0.2) is 28.6 Å². The third kappa shape index (κ3) is 19.5. The van der Waals surface area contributed by atoms with Crippen molar-refractivity contribution in [3.63, 3.8) is 0 Å². The molecule has 1 atom stereocenters. The van der Waals surface area contributed by atoms with Gasteiger partial charge in [0, 0.05) is 42.1 Å². The fraction of sp³-hybridized carbons (Fsp3) is 0.353. The molecule has 1 amide bonds. The summed E-state index contributed by atoms with van der Waals surface area (Å²) >= 11 is 0. The molecule has 6 radical (unpaired) electrons. The van der Waals surface area contributed by atoms with Gasteiger partial charge in [-0.1, -0.05) is 0 Å². The van der Waals surface area contributed by atoms with Crippen LogP contribution in [0.4, 0.5) is 0 Å². The smallest absolute Gasteiger partial charge is 0.870 e. The summed E-state index contributed by atoms with van der Waals surface area (Å²) in [5.41, 5.74) is -1.29. The summed E-state index contributed by atoms with van der Waals surface area (Å²) in [4.78, 5) is 60.0. The maximum Gasteiger partial charge on any atom is 1.00 e. The van der Waals surface area contributed by atoms with Crippen LogP contribution in [-0.2, 0) is 33.1 Å². The number of aromatic carboxylic acids is 1. The summed E-state index contributed by atoms with van der Waals surface area (Å²) in [6, 6.07) is -1.40.